The predicted octanol–water partition coefficient (Wildman–Crippen LogP) is 5.13. The van der Waals surface area contributed by atoms with E-state index in [2.05, 4.69) is 10.6 Å². The van der Waals surface area contributed by atoms with Crippen LogP contribution in [-0.2, 0) is 13.1 Å². The first-order valence-corrected chi connectivity index (χ1v) is 12.8. The van der Waals surface area contributed by atoms with Crippen LogP contribution in [0.25, 0.3) is 10.9 Å². The molecule has 2 atom stereocenters. The second kappa shape index (κ2) is 11.2. The summed E-state index contributed by atoms with van der Waals surface area (Å²) in [6.07, 6.45) is -3.89. The van der Waals surface area contributed by atoms with Gasteiger partial charge in [-0.2, -0.15) is 13.2 Å². The quantitative estimate of drug-likeness (QED) is 0.390. The lowest BCUT2D eigenvalue weighted by molar-refractivity contribution is -0.140. The lowest BCUT2D eigenvalue weighted by Crippen LogP contribution is -2.54. The SMILES string of the molecule is COc1c(N2C[C@@H](C)N[C@@H](C)C2)c(F)cc2c(=O)c(C(=O)NCc3ccc(Cl)cc3Cl)cn(CC(F)(F)F)c12. The van der Waals surface area contributed by atoms with Crippen LogP contribution in [0.4, 0.5) is 23.2 Å². The predicted molar refractivity (Wildman–Crippen MR) is 143 cm³/mol. The Kier molecular flexibility index (Phi) is 8.34. The molecule has 210 valence electrons. The number of methoxy groups -OCH3 is 1. The number of ether oxygens (including phenoxy) is 1. The molecule has 1 saturated heterocycles. The number of carbonyl (C=O) groups is 1. The molecule has 2 N–H and O–H groups in total. The van der Waals surface area contributed by atoms with Crippen LogP contribution in [0.3, 0.4) is 0 Å². The van der Waals surface area contributed by atoms with Crippen molar-refractivity contribution in [1.82, 2.24) is 15.2 Å². The lowest BCUT2D eigenvalue weighted by atomic mass is 10.1. The van der Waals surface area contributed by atoms with Crippen molar-refractivity contribution in [3.05, 3.63) is 67.7 Å². The summed E-state index contributed by atoms with van der Waals surface area (Å²) in [5, 5.41) is 6.01. The molecule has 1 fully saturated rings. The molecule has 0 bridgehead atoms. The van der Waals surface area contributed by atoms with Crippen LogP contribution in [0.2, 0.25) is 10.0 Å². The molecule has 13 heteroatoms. The zero-order valence-corrected chi connectivity index (χ0v) is 22.8. The molecule has 1 aromatic heterocycles. The van der Waals surface area contributed by atoms with Gasteiger partial charge in [-0.1, -0.05) is 29.3 Å². The topological polar surface area (TPSA) is 75.6 Å². The Labute approximate surface area is 231 Å². The van der Waals surface area contributed by atoms with E-state index < -0.39 is 40.8 Å². The number of halogens is 6. The molecule has 2 heterocycles. The molecule has 2 aromatic carbocycles. The molecule has 0 radical (unpaired) electrons. The summed E-state index contributed by atoms with van der Waals surface area (Å²) >= 11 is 12.0. The van der Waals surface area contributed by atoms with Crippen LogP contribution in [-0.4, -0.2) is 48.9 Å². The van der Waals surface area contributed by atoms with E-state index in [-0.39, 0.29) is 40.6 Å². The number of nitrogens with zero attached hydrogens (tertiary/aromatic N) is 2. The number of nitrogens with one attached hydrogen (secondary N) is 2. The molecule has 1 aliphatic heterocycles. The average molecular weight is 589 g/mol. The number of pyridine rings is 1. The van der Waals surface area contributed by atoms with Gasteiger partial charge in [0.2, 0.25) is 5.43 Å². The van der Waals surface area contributed by atoms with Gasteiger partial charge < -0.3 is 24.8 Å². The molecular weight excluding hydrogens is 563 g/mol. The average Bonchev–Trinajstić information content (AvgIpc) is 2.82. The highest BCUT2D eigenvalue weighted by atomic mass is 35.5. The number of amides is 1. The zero-order valence-electron chi connectivity index (χ0n) is 21.3. The first kappa shape index (κ1) is 29.0. The van der Waals surface area contributed by atoms with Crippen molar-refractivity contribution in [2.24, 2.45) is 0 Å². The van der Waals surface area contributed by atoms with E-state index in [0.717, 1.165) is 12.3 Å². The maximum atomic E-state index is 15.6. The van der Waals surface area contributed by atoms with E-state index >= 15 is 4.39 Å². The number of hydrogen-bond donors (Lipinski definition) is 2. The first-order valence-electron chi connectivity index (χ1n) is 12.0. The number of carbonyl (C=O) groups excluding carboxylic acids is 1. The summed E-state index contributed by atoms with van der Waals surface area (Å²) in [6.45, 7) is 2.86. The highest BCUT2D eigenvalue weighted by Gasteiger charge is 2.33. The van der Waals surface area contributed by atoms with E-state index in [4.69, 9.17) is 27.9 Å². The molecule has 0 aliphatic carbocycles. The van der Waals surface area contributed by atoms with Crippen molar-refractivity contribution < 1.29 is 27.1 Å². The monoisotopic (exact) mass is 588 g/mol. The summed E-state index contributed by atoms with van der Waals surface area (Å²) < 4.78 is 62.7. The van der Waals surface area contributed by atoms with E-state index in [9.17, 15) is 22.8 Å². The Morgan fingerprint density at radius 2 is 1.85 bits per heavy atom. The summed E-state index contributed by atoms with van der Waals surface area (Å²) in [6, 6.07) is 5.37. The minimum Gasteiger partial charge on any atom is -0.492 e. The molecule has 0 unspecified atom stereocenters. The molecule has 4 rings (SSSR count). The highest BCUT2D eigenvalue weighted by molar-refractivity contribution is 6.35. The van der Waals surface area contributed by atoms with Crippen LogP contribution < -0.4 is 25.7 Å². The maximum Gasteiger partial charge on any atom is 0.406 e. The van der Waals surface area contributed by atoms with Crippen LogP contribution >= 0.6 is 23.2 Å². The summed E-state index contributed by atoms with van der Waals surface area (Å²) in [4.78, 5) is 28.0. The molecule has 1 aliphatic rings. The number of alkyl halides is 3. The molecule has 7 nitrogen and oxygen atoms in total. The molecule has 1 amide bonds. The van der Waals surface area contributed by atoms with Crippen molar-refractivity contribution in [1.29, 1.82) is 0 Å². The Morgan fingerprint density at radius 1 is 1.18 bits per heavy atom. The van der Waals surface area contributed by atoms with E-state index in [1.807, 2.05) is 13.8 Å². The van der Waals surface area contributed by atoms with Gasteiger partial charge in [0.15, 0.2) is 11.6 Å². The maximum absolute atomic E-state index is 15.6. The third-order valence-corrected chi connectivity index (χ3v) is 6.96. The summed E-state index contributed by atoms with van der Waals surface area (Å²) in [5.41, 5.74) is -1.35. The highest BCUT2D eigenvalue weighted by Crippen LogP contribution is 2.39. The smallest absolute Gasteiger partial charge is 0.406 e. The Balaban J connectivity index is 1.85. The number of rotatable bonds is 6. The van der Waals surface area contributed by atoms with Crippen molar-refractivity contribution in [2.45, 2.75) is 45.2 Å². The van der Waals surface area contributed by atoms with Gasteiger partial charge in [0.1, 0.15) is 17.8 Å². The number of anilines is 1. The molecular formula is C26H26Cl2F4N4O3. The van der Waals surface area contributed by atoms with Crippen LogP contribution in [0.1, 0.15) is 29.8 Å². The number of fused-ring (bicyclic) bond motifs is 1. The molecule has 0 saturated carbocycles. The van der Waals surface area contributed by atoms with Gasteiger partial charge in [-0.25, -0.2) is 4.39 Å². The van der Waals surface area contributed by atoms with Crippen LogP contribution in [0.15, 0.2) is 35.3 Å². The van der Waals surface area contributed by atoms with Gasteiger partial charge in [0.05, 0.1) is 18.0 Å². The Bertz CT molecular complexity index is 1470. The fourth-order valence-corrected chi connectivity index (χ4v) is 5.38. The number of aromatic nitrogens is 1. The fraction of sp³-hybridized carbons (Fsp3) is 0.385. The first-order chi connectivity index (χ1) is 18.3. The summed E-state index contributed by atoms with van der Waals surface area (Å²) in [7, 11) is 1.20. The van der Waals surface area contributed by atoms with Gasteiger partial charge in [0.25, 0.3) is 5.91 Å². The normalized spacial score (nSPS) is 17.9. The minimum absolute atomic E-state index is 0.0360. The Hall–Kier alpha value is -3.02. The van der Waals surface area contributed by atoms with Gasteiger partial charge in [-0.05, 0) is 37.6 Å². The number of benzene rings is 2. The Morgan fingerprint density at radius 3 is 2.44 bits per heavy atom. The lowest BCUT2D eigenvalue weighted by Gasteiger charge is -2.38. The largest absolute Gasteiger partial charge is 0.492 e. The van der Waals surface area contributed by atoms with E-state index in [1.54, 1.807) is 17.0 Å². The van der Waals surface area contributed by atoms with Crippen molar-refractivity contribution in [3.63, 3.8) is 0 Å². The van der Waals surface area contributed by atoms with Crippen LogP contribution in [0, 0.1) is 5.82 Å². The van der Waals surface area contributed by atoms with Crippen molar-refractivity contribution >= 4 is 45.7 Å². The number of piperazine rings is 1. The zero-order chi connectivity index (χ0) is 28.6. The second-order valence-corrected chi connectivity index (χ2v) is 10.4. The molecule has 0 spiro atoms. The van der Waals surface area contributed by atoms with E-state index in [1.165, 1.54) is 13.2 Å². The second-order valence-electron chi connectivity index (χ2n) is 9.54. The van der Waals surface area contributed by atoms with Crippen LogP contribution in [0.5, 0.6) is 5.75 Å². The van der Waals surface area contributed by atoms with Crippen molar-refractivity contribution in [2.75, 3.05) is 25.1 Å². The third-order valence-electron chi connectivity index (χ3n) is 6.37. The standard InChI is InChI=1S/C26H26Cl2F4N4O3/c1-13-9-35(10-14(2)34-13)22-20(29)7-17-21(24(22)39-3)36(12-26(30,31)32)11-18(23(17)37)25(38)33-8-15-4-5-16(27)6-19(15)28/h4-7,11,13-14,34H,8-10,12H2,1-3H3,(H,33,38)/t13-,14+. The third kappa shape index (κ3) is 6.26. The molecule has 39 heavy (non-hydrogen) atoms. The van der Waals surface area contributed by atoms with Gasteiger partial charge >= 0.3 is 6.18 Å². The summed E-state index contributed by atoms with van der Waals surface area (Å²) in [5.74, 6) is -2.01. The van der Waals surface area contributed by atoms with Crippen molar-refractivity contribution in [3.8, 4) is 5.75 Å². The van der Waals surface area contributed by atoms with Gasteiger partial charge in [0, 0.05) is 48.0 Å². The minimum atomic E-state index is -4.72. The fourth-order valence-electron chi connectivity index (χ4n) is 4.90. The van der Waals surface area contributed by atoms with Gasteiger partial charge in [-0.15, -0.1) is 0 Å². The molecule has 3 aromatic rings. The number of hydrogen-bond acceptors (Lipinski definition) is 5. The van der Waals surface area contributed by atoms with Gasteiger partial charge in [-0.3, -0.25) is 9.59 Å². The van der Waals surface area contributed by atoms with E-state index in [0.29, 0.717) is 28.2 Å².